The minimum atomic E-state index is -0.604. The molecule has 0 radical (unpaired) electrons. The Bertz CT molecular complexity index is 557. The summed E-state index contributed by atoms with van der Waals surface area (Å²) >= 11 is 0. The van der Waals surface area contributed by atoms with Gasteiger partial charge in [-0.2, -0.15) is 0 Å². The largest absolute Gasteiger partial charge is 0.351 e. The van der Waals surface area contributed by atoms with Crippen LogP contribution in [0.3, 0.4) is 0 Å². The second-order valence-corrected chi connectivity index (χ2v) is 4.38. The van der Waals surface area contributed by atoms with E-state index in [4.69, 9.17) is 0 Å². The lowest BCUT2D eigenvalue weighted by Crippen LogP contribution is -2.28. The first kappa shape index (κ1) is 13.2. The van der Waals surface area contributed by atoms with Gasteiger partial charge in [0.15, 0.2) is 5.82 Å². The second kappa shape index (κ2) is 6.09. The zero-order valence-electron chi connectivity index (χ0n) is 10.6. The first-order valence-corrected chi connectivity index (χ1v) is 6.11. The summed E-state index contributed by atoms with van der Waals surface area (Å²) < 4.78 is 13.4. The number of amides is 1. The number of rotatable bonds is 4. The predicted molar refractivity (Wildman–Crippen MR) is 71.4 cm³/mol. The summed E-state index contributed by atoms with van der Waals surface area (Å²) in [5.41, 5.74) is 1.16. The molecule has 1 amide bonds. The van der Waals surface area contributed by atoms with Gasteiger partial charge in [-0.25, -0.2) is 4.39 Å². The number of pyridine rings is 1. The summed E-state index contributed by atoms with van der Waals surface area (Å²) in [7, 11) is 0. The first-order valence-electron chi connectivity index (χ1n) is 6.11. The molecule has 4 heteroatoms. The van der Waals surface area contributed by atoms with Crippen molar-refractivity contribution in [1.82, 2.24) is 10.3 Å². The Labute approximate surface area is 111 Å². The molecule has 2 aromatic rings. The normalized spacial score (nSPS) is 11.9. The van der Waals surface area contributed by atoms with E-state index in [0.717, 1.165) is 11.8 Å². The van der Waals surface area contributed by atoms with Crippen LogP contribution in [0, 0.1) is 5.82 Å². The third kappa shape index (κ3) is 3.37. The van der Waals surface area contributed by atoms with Gasteiger partial charge in [-0.15, -0.1) is 0 Å². The molecule has 0 aliphatic rings. The zero-order valence-corrected chi connectivity index (χ0v) is 10.6. The summed E-state index contributed by atoms with van der Waals surface area (Å²) in [5.74, 6) is -0.843. The smallest absolute Gasteiger partial charge is 0.254 e. The van der Waals surface area contributed by atoms with Crippen LogP contribution >= 0.6 is 0 Å². The third-order valence-corrected chi connectivity index (χ3v) is 2.95. The number of benzene rings is 1. The van der Waals surface area contributed by atoms with Crippen molar-refractivity contribution in [3.05, 3.63) is 65.7 Å². The Morgan fingerprint density at radius 1 is 1.32 bits per heavy atom. The van der Waals surface area contributed by atoms with Crippen molar-refractivity contribution in [3.63, 3.8) is 0 Å². The summed E-state index contributed by atoms with van der Waals surface area (Å²) in [4.78, 5) is 15.4. The standard InChI is InChI=1S/C15H15FN2O/c1-11(12-5-3-2-4-6-12)9-18-15(19)13-7-8-17-10-14(13)16/h2-8,10-11H,9H2,1H3,(H,18,19). The number of nitrogens with one attached hydrogen (secondary N) is 1. The molecule has 1 unspecified atom stereocenters. The van der Waals surface area contributed by atoms with E-state index in [0.29, 0.717) is 6.54 Å². The Morgan fingerprint density at radius 2 is 2.05 bits per heavy atom. The van der Waals surface area contributed by atoms with Crippen LogP contribution in [-0.4, -0.2) is 17.4 Å². The minimum Gasteiger partial charge on any atom is -0.351 e. The second-order valence-electron chi connectivity index (χ2n) is 4.38. The minimum absolute atomic E-state index is 0.0234. The van der Waals surface area contributed by atoms with Gasteiger partial charge in [0.1, 0.15) is 0 Å². The van der Waals surface area contributed by atoms with Crippen molar-refractivity contribution in [2.75, 3.05) is 6.54 Å². The molecule has 3 nitrogen and oxygen atoms in total. The van der Waals surface area contributed by atoms with Crippen LogP contribution in [0.15, 0.2) is 48.8 Å². The maximum atomic E-state index is 13.4. The van der Waals surface area contributed by atoms with Gasteiger partial charge >= 0.3 is 0 Å². The van der Waals surface area contributed by atoms with Gasteiger partial charge in [0, 0.05) is 12.7 Å². The Morgan fingerprint density at radius 3 is 2.74 bits per heavy atom. The number of hydrogen-bond acceptors (Lipinski definition) is 2. The Hall–Kier alpha value is -2.23. The molecule has 0 saturated heterocycles. The van der Waals surface area contributed by atoms with Gasteiger partial charge < -0.3 is 5.32 Å². The number of aromatic nitrogens is 1. The molecule has 98 valence electrons. The van der Waals surface area contributed by atoms with Crippen molar-refractivity contribution in [3.8, 4) is 0 Å². The average Bonchev–Trinajstić information content (AvgIpc) is 2.46. The molecule has 1 aromatic heterocycles. The van der Waals surface area contributed by atoms with E-state index >= 15 is 0 Å². The van der Waals surface area contributed by atoms with E-state index in [-0.39, 0.29) is 11.5 Å². The number of hydrogen-bond donors (Lipinski definition) is 1. The average molecular weight is 258 g/mol. The van der Waals surface area contributed by atoms with Crippen molar-refractivity contribution in [2.24, 2.45) is 0 Å². The molecular weight excluding hydrogens is 243 g/mol. The summed E-state index contributed by atoms with van der Waals surface area (Å²) in [6, 6.07) is 11.2. The summed E-state index contributed by atoms with van der Waals surface area (Å²) in [6.45, 7) is 2.48. The van der Waals surface area contributed by atoms with E-state index in [1.54, 1.807) is 0 Å². The molecule has 1 heterocycles. The molecule has 0 aliphatic carbocycles. The molecule has 0 bridgehead atoms. The van der Waals surface area contributed by atoms with Gasteiger partial charge in [0.2, 0.25) is 0 Å². The van der Waals surface area contributed by atoms with Crippen LogP contribution in [0.2, 0.25) is 0 Å². The van der Waals surface area contributed by atoms with E-state index in [2.05, 4.69) is 10.3 Å². The predicted octanol–water partition coefficient (Wildman–Crippen LogP) is 2.75. The molecule has 0 saturated carbocycles. The SMILES string of the molecule is CC(CNC(=O)c1ccncc1F)c1ccccc1. The maximum absolute atomic E-state index is 13.4. The fourth-order valence-electron chi connectivity index (χ4n) is 1.80. The summed E-state index contributed by atoms with van der Waals surface area (Å²) in [5, 5.41) is 2.73. The highest BCUT2D eigenvalue weighted by molar-refractivity contribution is 5.94. The topological polar surface area (TPSA) is 42.0 Å². The van der Waals surface area contributed by atoms with Crippen LogP contribution in [0.5, 0.6) is 0 Å². The van der Waals surface area contributed by atoms with Gasteiger partial charge in [-0.05, 0) is 17.5 Å². The Kier molecular flexibility index (Phi) is 4.23. The molecule has 0 fully saturated rings. The molecule has 1 aromatic carbocycles. The third-order valence-electron chi connectivity index (χ3n) is 2.95. The highest BCUT2D eigenvalue weighted by atomic mass is 19.1. The number of nitrogens with zero attached hydrogens (tertiary/aromatic N) is 1. The van der Waals surface area contributed by atoms with Crippen LogP contribution in [0.4, 0.5) is 4.39 Å². The van der Waals surface area contributed by atoms with E-state index < -0.39 is 11.7 Å². The maximum Gasteiger partial charge on any atom is 0.254 e. The zero-order chi connectivity index (χ0) is 13.7. The Balaban J connectivity index is 1.96. The van der Waals surface area contributed by atoms with Gasteiger partial charge in [-0.3, -0.25) is 9.78 Å². The monoisotopic (exact) mass is 258 g/mol. The molecule has 1 N–H and O–H groups in total. The van der Waals surface area contributed by atoms with E-state index in [1.165, 1.54) is 12.3 Å². The van der Waals surface area contributed by atoms with Gasteiger partial charge in [0.25, 0.3) is 5.91 Å². The van der Waals surface area contributed by atoms with Crippen molar-refractivity contribution >= 4 is 5.91 Å². The molecule has 2 rings (SSSR count). The molecule has 1 atom stereocenters. The molecular formula is C15H15FN2O. The lowest BCUT2D eigenvalue weighted by Gasteiger charge is -2.13. The van der Waals surface area contributed by atoms with Crippen LogP contribution in [0.25, 0.3) is 0 Å². The lowest BCUT2D eigenvalue weighted by atomic mass is 10.0. The number of carbonyl (C=O) groups is 1. The van der Waals surface area contributed by atoms with Crippen molar-refractivity contribution in [1.29, 1.82) is 0 Å². The molecule has 0 spiro atoms. The van der Waals surface area contributed by atoms with Crippen LogP contribution < -0.4 is 5.32 Å². The molecule has 0 aliphatic heterocycles. The van der Waals surface area contributed by atoms with E-state index in [1.807, 2.05) is 37.3 Å². The fourth-order valence-corrected chi connectivity index (χ4v) is 1.80. The quantitative estimate of drug-likeness (QED) is 0.916. The fraction of sp³-hybridized carbons (Fsp3) is 0.200. The highest BCUT2D eigenvalue weighted by Crippen LogP contribution is 2.13. The van der Waals surface area contributed by atoms with Crippen molar-refractivity contribution < 1.29 is 9.18 Å². The van der Waals surface area contributed by atoms with E-state index in [9.17, 15) is 9.18 Å². The number of halogens is 1. The first-order chi connectivity index (χ1) is 9.18. The van der Waals surface area contributed by atoms with Crippen molar-refractivity contribution in [2.45, 2.75) is 12.8 Å². The van der Waals surface area contributed by atoms with Gasteiger partial charge in [-0.1, -0.05) is 37.3 Å². The molecule has 19 heavy (non-hydrogen) atoms. The van der Waals surface area contributed by atoms with Crippen LogP contribution in [-0.2, 0) is 0 Å². The number of carbonyl (C=O) groups excluding carboxylic acids is 1. The highest BCUT2D eigenvalue weighted by Gasteiger charge is 2.12. The lowest BCUT2D eigenvalue weighted by molar-refractivity contribution is 0.0947. The summed E-state index contributed by atoms with van der Waals surface area (Å²) in [6.07, 6.45) is 2.44. The van der Waals surface area contributed by atoms with Gasteiger partial charge in [0.05, 0.1) is 11.8 Å². The van der Waals surface area contributed by atoms with Crippen LogP contribution in [0.1, 0.15) is 28.8 Å².